The molecule has 0 spiro atoms. The van der Waals surface area contributed by atoms with Crippen molar-refractivity contribution in [2.75, 3.05) is 11.9 Å². The predicted octanol–water partition coefficient (Wildman–Crippen LogP) is 5.13. The molecule has 1 saturated heterocycles. The van der Waals surface area contributed by atoms with E-state index in [9.17, 15) is 9.59 Å². The molecule has 1 aliphatic rings. The molecule has 0 saturated carbocycles. The number of nitrogens with one attached hydrogen (secondary N) is 1. The minimum absolute atomic E-state index is 0.158. The van der Waals surface area contributed by atoms with E-state index in [1.54, 1.807) is 30.3 Å². The van der Waals surface area contributed by atoms with Crippen LogP contribution in [0.3, 0.4) is 0 Å². The predicted molar refractivity (Wildman–Crippen MR) is 120 cm³/mol. The summed E-state index contributed by atoms with van der Waals surface area (Å²) in [7, 11) is 0. The van der Waals surface area contributed by atoms with Crippen LogP contribution in [0.1, 0.15) is 12.5 Å². The fraction of sp³-hybridized carbons (Fsp3) is 0.0952. The Hall–Kier alpha value is -2.41. The number of thiocarbonyl (C=S) groups is 1. The van der Waals surface area contributed by atoms with Crippen LogP contribution in [0.5, 0.6) is 0 Å². The van der Waals surface area contributed by atoms with Gasteiger partial charge in [0.2, 0.25) is 5.91 Å². The van der Waals surface area contributed by atoms with Crippen molar-refractivity contribution < 1.29 is 9.59 Å². The lowest BCUT2D eigenvalue weighted by atomic mass is 10.1. The maximum atomic E-state index is 12.7. The van der Waals surface area contributed by atoms with Crippen molar-refractivity contribution in [2.24, 2.45) is 0 Å². The molecule has 2 aromatic carbocycles. The van der Waals surface area contributed by atoms with Crippen molar-refractivity contribution in [1.82, 2.24) is 4.90 Å². The first-order chi connectivity index (χ1) is 13.4. The molecule has 0 atom stereocenters. The molecular weight excluding hydrogens is 412 g/mol. The fourth-order valence-electron chi connectivity index (χ4n) is 2.59. The topological polar surface area (TPSA) is 49.4 Å². The molecule has 1 heterocycles. The van der Waals surface area contributed by atoms with Gasteiger partial charge in [-0.25, -0.2) is 0 Å². The summed E-state index contributed by atoms with van der Waals surface area (Å²) in [6, 6.07) is 16.8. The van der Waals surface area contributed by atoms with Crippen LogP contribution in [0.15, 0.2) is 71.2 Å². The van der Waals surface area contributed by atoms with Gasteiger partial charge >= 0.3 is 0 Å². The Labute approximate surface area is 178 Å². The van der Waals surface area contributed by atoms with E-state index in [0.717, 1.165) is 11.1 Å². The number of amides is 2. The summed E-state index contributed by atoms with van der Waals surface area (Å²) in [6.45, 7) is 1.76. The highest BCUT2D eigenvalue weighted by Crippen LogP contribution is 2.32. The number of hydrogen-bond acceptors (Lipinski definition) is 4. The molecule has 28 heavy (non-hydrogen) atoms. The van der Waals surface area contributed by atoms with Crippen molar-refractivity contribution in [3.63, 3.8) is 0 Å². The third kappa shape index (κ3) is 5.10. The number of carbonyl (C=O) groups is 2. The number of rotatable bonds is 5. The van der Waals surface area contributed by atoms with E-state index in [2.05, 4.69) is 5.32 Å². The Morgan fingerprint density at radius 1 is 1.18 bits per heavy atom. The number of carbonyl (C=O) groups excluding carboxylic acids is 2. The smallest absolute Gasteiger partial charge is 0.266 e. The molecule has 0 unspecified atom stereocenters. The van der Waals surface area contributed by atoms with Crippen LogP contribution < -0.4 is 5.32 Å². The average molecular weight is 429 g/mol. The summed E-state index contributed by atoms with van der Waals surface area (Å²) in [4.78, 5) is 26.8. The highest BCUT2D eigenvalue weighted by molar-refractivity contribution is 8.26. The Morgan fingerprint density at radius 2 is 1.86 bits per heavy atom. The number of anilines is 1. The summed E-state index contributed by atoms with van der Waals surface area (Å²) in [6.07, 6.45) is 3.77. The molecule has 0 radical (unpaired) electrons. The van der Waals surface area contributed by atoms with Crippen LogP contribution in [-0.4, -0.2) is 27.6 Å². The third-order valence-electron chi connectivity index (χ3n) is 3.88. The van der Waals surface area contributed by atoms with Crippen molar-refractivity contribution >= 4 is 63.5 Å². The Balaban J connectivity index is 1.68. The van der Waals surface area contributed by atoms with Crippen molar-refractivity contribution in [3.8, 4) is 0 Å². The molecule has 0 aromatic heterocycles. The van der Waals surface area contributed by atoms with E-state index < -0.39 is 0 Å². The van der Waals surface area contributed by atoms with Crippen molar-refractivity contribution in [3.05, 3.63) is 81.7 Å². The number of nitrogens with zero attached hydrogens (tertiary/aromatic N) is 1. The van der Waals surface area contributed by atoms with Crippen LogP contribution >= 0.6 is 35.6 Å². The van der Waals surface area contributed by atoms with Gasteiger partial charge in [0.1, 0.15) is 10.9 Å². The molecule has 0 bridgehead atoms. The summed E-state index contributed by atoms with van der Waals surface area (Å²) < 4.78 is 0.359. The van der Waals surface area contributed by atoms with E-state index in [1.165, 1.54) is 16.7 Å². The average Bonchev–Trinajstić information content (AvgIpc) is 2.91. The molecule has 1 fully saturated rings. The van der Waals surface area contributed by atoms with Gasteiger partial charge in [-0.2, -0.15) is 0 Å². The van der Waals surface area contributed by atoms with Gasteiger partial charge < -0.3 is 5.32 Å². The lowest BCUT2D eigenvalue weighted by Crippen LogP contribution is -2.36. The molecule has 0 aliphatic carbocycles. The molecule has 1 N–H and O–H groups in total. The maximum absolute atomic E-state index is 12.7. The van der Waals surface area contributed by atoms with E-state index >= 15 is 0 Å². The zero-order chi connectivity index (χ0) is 20.1. The molecule has 1 aliphatic heterocycles. The van der Waals surface area contributed by atoms with E-state index in [4.69, 9.17) is 23.8 Å². The Morgan fingerprint density at radius 3 is 2.57 bits per heavy atom. The van der Waals surface area contributed by atoms with Crippen LogP contribution in [0, 0.1) is 0 Å². The van der Waals surface area contributed by atoms with Gasteiger partial charge in [0.05, 0.1) is 15.6 Å². The van der Waals surface area contributed by atoms with Gasteiger partial charge in [0.25, 0.3) is 5.91 Å². The molecule has 142 valence electrons. The van der Waals surface area contributed by atoms with Crippen LogP contribution in [0.4, 0.5) is 5.69 Å². The van der Waals surface area contributed by atoms with Crippen molar-refractivity contribution in [1.29, 1.82) is 0 Å². The standard InChI is InChI=1S/C21H17ClN2O2S2/c1-14(11-15-7-3-2-4-8-15)12-18-20(26)24(21(27)28-18)13-19(25)23-17-10-6-5-9-16(17)22/h2-12H,13H2,1H3,(H,23,25). The minimum atomic E-state index is -0.359. The number of hydrogen-bond donors (Lipinski definition) is 1. The summed E-state index contributed by atoms with van der Waals surface area (Å²) >= 11 is 12.5. The SMILES string of the molecule is CC(=Cc1ccccc1)C=C1SC(=S)N(CC(=O)Nc2ccccc2Cl)C1=O. The minimum Gasteiger partial charge on any atom is -0.323 e. The van der Waals surface area contributed by atoms with Gasteiger partial charge in [-0.15, -0.1) is 0 Å². The first-order valence-electron chi connectivity index (χ1n) is 8.47. The number of para-hydroxylation sites is 1. The van der Waals surface area contributed by atoms with Crippen LogP contribution in [-0.2, 0) is 9.59 Å². The zero-order valence-electron chi connectivity index (χ0n) is 15.0. The number of halogens is 1. The second-order valence-corrected chi connectivity index (χ2v) is 8.18. The van der Waals surface area contributed by atoms with Gasteiger partial charge in [-0.3, -0.25) is 14.5 Å². The quantitative estimate of drug-likeness (QED) is 0.530. The lowest BCUT2D eigenvalue weighted by molar-refractivity contribution is -0.126. The Bertz CT molecular complexity index is 987. The highest BCUT2D eigenvalue weighted by Gasteiger charge is 2.33. The van der Waals surface area contributed by atoms with E-state index in [1.807, 2.05) is 43.3 Å². The number of benzene rings is 2. The largest absolute Gasteiger partial charge is 0.323 e. The van der Waals surface area contributed by atoms with Gasteiger partial charge in [0, 0.05) is 0 Å². The summed E-state index contributed by atoms with van der Waals surface area (Å²) in [5.41, 5.74) is 2.47. The number of allylic oxidation sites excluding steroid dienone is 2. The molecule has 2 amide bonds. The Kier molecular flexibility index (Phi) is 6.67. The van der Waals surface area contributed by atoms with Crippen LogP contribution in [0.2, 0.25) is 5.02 Å². The molecule has 3 rings (SSSR count). The normalized spacial score (nSPS) is 16.0. The first-order valence-corrected chi connectivity index (χ1v) is 10.1. The fourth-order valence-corrected chi connectivity index (χ4v) is 4.08. The second kappa shape index (κ2) is 9.19. The van der Waals surface area contributed by atoms with E-state index in [0.29, 0.717) is 19.9 Å². The molecule has 7 heteroatoms. The monoisotopic (exact) mass is 428 g/mol. The third-order valence-corrected chi connectivity index (χ3v) is 5.58. The number of thioether (sulfide) groups is 1. The summed E-state index contributed by atoms with van der Waals surface area (Å²) in [5.74, 6) is -0.632. The van der Waals surface area contributed by atoms with Crippen molar-refractivity contribution in [2.45, 2.75) is 6.92 Å². The lowest BCUT2D eigenvalue weighted by Gasteiger charge is -2.14. The highest BCUT2D eigenvalue weighted by atomic mass is 35.5. The van der Waals surface area contributed by atoms with Gasteiger partial charge in [-0.1, -0.05) is 84.1 Å². The first kappa shape index (κ1) is 20.3. The van der Waals surface area contributed by atoms with E-state index in [-0.39, 0.29) is 18.4 Å². The molecule has 4 nitrogen and oxygen atoms in total. The molecule has 2 aromatic rings. The summed E-state index contributed by atoms with van der Waals surface area (Å²) in [5, 5.41) is 3.14. The van der Waals surface area contributed by atoms with Gasteiger partial charge in [-0.05, 0) is 36.3 Å². The molecular formula is C21H17ClN2O2S2. The second-order valence-electron chi connectivity index (χ2n) is 6.09. The maximum Gasteiger partial charge on any atom is 0.266 e. The van der Waals surface area contributed by atoms with Crippen LogP contribution in [0.25, 0.3) is 6.08 Å². The zero-order valence-corrected chi connectivity index (χ0v) is 17.4. The van der Waals surface area contributed by atoms with Gasteiger partial charge in [0.15, 0.2) is 0 Å².